The molecule has 0 bridgehead atoms. The lowest BCUT2D eigenvalue weighted by Gasteiger charge is -2.17. The smallest absolute Gasteiger partial charge is 0.398 e. The first-order valence-electron chi connectivity index (χ1n) is 4.51. The molecule has 2 nitrogen and oxygen atoms in total. The predicted molar refractivity (Wildman–Crippen MR) is 60.9 cm³/mol. The number of hydrogen-bond acceptors (Lipinski definition) is 2. The van der Waals surface area contributed by atoms with Gasteiger partial charge in [-0.2, -0.15) is 13.2 Å². The molecule has 0 amide bonds. The number of nitrogens with zero attached hydrogens (tertiary/aromatic N) is 1. The zero-order valence-corrected chi connectivity index (χ0v) is 10.5. The quantitative estimate of drug-likeness (QED) is 0.850. The molecule has 0 radical (unpaired) electrons. The number of alkyl halides is 3. The normalized spacial score (nSPS) is 12.2. The molecule has 0 aromatic heterocycles. The minimum absolute atomic E-state index is 0.204. The van der Waals surface area contributed by atoms with Gasteiger partial charge in [0.05, 0.1) is 5.56 Å². The molecule has 0 saturated carbocycles. The van der Waals surface area contributed by atoms with Crippen LogP contribution in [0.3, 0.4) is 0 Å². The maximum Gasteiger partial charge on any atom is 0.418 e. The lowest BCUT2D eigenvalue weighted by molar-refractivity contribution is -0.137. The summed E-state index contributed by atoms with van der Waals surface area (Å²) in [7, 11) is 3.54. The fraction of sp³-hybridized carbons (Fsp3) is 0.400. The SMILES string of the molecule is CN(C)Cc1cc(Br)cc(C(F)(F)F)c1N. The third-order valence-corrected chi connectivity index (χ3v) is 2.48. The molecule has 1 aromatic rings. The Hall–Kier alpha value is -0.750. The van der Waals surface area contributed by atoms with Crippen molar-refractivity contribution in [1.29, 1.82) is 0 Å². The number of rotatable bonds is 2. The Bertz CT molecular complexity index is 388. The van der Waals surface area contributed by atoms with Crippen molar-refractivity contribution in [2.45, 2.75) is 12.7 Å². The number of anilines is 1. The van der Waals surface area contributed by atoms with Gasteiger partial charge in [-0.15, -0.1) is 0 Å². The van der Waals surface area contributed by atoms with Crippen LogP contribution in [-0.4, -0.2) is 19.0 Å². The van der Waals surface area contributed by atoms with Gasteiger partial charge in [0.1, 0.15) is 0 Å². The van der Waals surface area contributed by atoms with Crippen LogP contribution in [0.2, 0.25) is 0 Å². The summed E-state index contributed by atoms with van der Waals surface area (Å²) in [6, 6.07) is 2.60. The first-order valence-corrected chi connectivity index (χ1v) is 5.31. The third-order valence-electron chi connectivity index (χ3n) is 2.02. The van der Waals surface area contributed by atoms with Gasteiger partial charge in [0.2, 0.25) is 0 Å². The Kier molecular flexibility index (Phi) is 3.85. The molecule has 2 N–H and O–H groups in total. The van der Waals surface area contributed by atoms with Gasteiger partial charge in [-0.1, -0.05) is 15.9 Å². The summed E-state index contributed by atoms with van der Waals surface area (Å²) >= 11 is 3.06. The van der Waals surface area contributed by atoms with Crippen molar-refractivity contribution in [2.75, 3.05) is 19.8 Å². The Labute approximate surface area is 100 Å². The van der Waals surface area contributed by atoms with Gasteiger partial charge in [0.25, 0.3) is 0 Å². The van der Waals surface area contributed by atoms with Crippen molar-refractivity contribution in [3.63, 3.8) is 0 Å². The monoisotopic (exact) mass is 296 g/mol. The van der Waals surface area contributed by atoms with Gasteiger partial charge in [-0.05, 0) is 31.8 Å². The van der Waals surface area contributed by atoms with Crippen LogP contribution in [0.5, 0.6) is 0 Å². The Morgan fingerprint density at radius 3 is 2.31 bits per heavy atom. The molecule has 0 spiro atoms. The van der Waals surface area contributed by atoms with E-state index in [-0.39, 0.29) is 5.69 Å². The molecule has 0 aliphatic rings. The van der Waals surface area contributed by atoms with E-state index in [2.05, 4.69) is 15.9 Å². The topological polar surface area (TPSA) is 29.3 Å². The minimum atomic E-state index is -4.42. The Morgan fingerprint density at radius 1 is 1.31 bits per heavy atom. The van der Waals surface area contributed by atoms with E-state index in [1.54, 1.807) is 25.1 Å². The first kappa shape index (κ1) is 13.3. The van der Waals surface area contributed by atoms with E-state index < -0.39 is 11.7 Å². The highest BCUT2D eigenvalue weighted by Crippen LogP contribution is 2.37. The molecule has 6 heteroatoms. The predicted octanol–water partition coefficient (Wildman–Crippen LogP) is 3.11. The molecule has 0 unspecified atom stereocenters. The molecule has 0 atom stereocenters. The number of halogens is 4. The van der Waals surface area contributed by atoms with Crippen LogP contribution in [0.4, 0.5) is 18.9 Å². The highest BCUT2D eigenvalue weighted by atomic mass is 79.9. The van der Waals surface area contributed by atoms with Crippen LogP contribution in [0.1, 0.15) is 11.1 Å². The zero-order chi connectivity index (χ0) is 12.5. The van der Waals surface area contributed by atoms with E-state index in [0.717, 1.165) is 6.07 Å². The van der Waals surface area contributed by atoms with E-state index in [1.807, 2.05) is 0 Å². The number of benzene rings is 1. The number of nitrogens with two attached hydrogens (primary N) is 1. The summed E-state index contributed by atoms with van der Waals surface area (Å²) in [5.74, 6) is 0. The highest BCUT2D eigenvalue weighted by Gasteiger charge is 2.34. The fourth-order valence-corrected chi connectivity index (χ4v) is 1.89. The van der Waals surface area contributed by atoms with Gasteiger partial charge in [-0.25, -0.2) is 0 Å². The van der Waals surface area contributed by atoms with E-state index >= 15 is 0 Å². The highest BCUT2D eigenvalue weighted by molar-refractivity contribution is 9.10. The summed E-state index contributed by atoms with van der Waals surface area (Å²) in [5.41, 5.74) is 4.99. The van der Waals surface area contributed by atoms with Gasteiger partial charge in [-0.3, -0.25) is 0 Å². The van der Waals surface area contributed by atoms with Gasteiger partial charge < -0.3 is 10.6 Å². The molecule has 0 aliphatic carbocycles. The van der Waals surface area contributed by atoms with Crippen LogP contribution in [0, 0.1) is 0 Å². The maximum absolute atomic E-state index is 12.6. The summed E-state index contributed by atoms with van der Waals surface area (Å²) in [6.07, 6.45) is -4.42. The van der Waals surface area contributed by atoms with E-state index in [9.17, 15) is 13.2 Å². The maximum atomic E-state index is 12.6. The van der Waals surface area contributed by atoms with Crippen LogP contribution in [-0.2, 0) is 12.7 Å². The zero-order valence-electron chi connectivity index (χ0n) is 8.90. The van der Waals surface area contributed by atoms with Crippen molar-refractivity contribution in [3.05, 3.63) is 27.7 Å². The van der Waals surface area contributed by atoms with Crippen molar-refractivity contribution in [1.82, 2.24) is 4.90 Å². The lowest BCUT2D eigenvalue weighted by atomic mass is 10.1. The van der Waals surface area contributed by atoms with E-state index in [1.165, 1.54) is 0 Å². The molecule has 0 heterocycles. The van der Waals surface area contributed by atoms with Crippen LogP contribution in [0.25, 0.3) is 0 Å². The van der Waals surface area contributed by atoms with E-state index in [4.69, 9.17) is 5.73 Å². The van der Waals surface area contributed by atoms with Crippen molar-refractivity contribution in [3.8, 4) is 0 Å². The summed E-state index contributed by atoms with van der Waals surface area (Å²) < 4.78 is 38.3. The van der Waals surface area contributed by atoms with Gasteiger partial charge in [0.15, 0.2) is 0 Å². The first-order chi connectivity index (χ1) is 7.21. The summed E-state index contributed by atoms with van der Waals surface area (Å²) in [6.45, 7) is 0.369. The molecule has 0 aliphatic heterocycles. The van der Waals surface area contributed by atoms with Crippen molar-refractivity contribution in [2.24, 2.45) is 0 Å². The third kappa shape index (κ3) is 3.12. The second kappa shape index (κ2) is 4.63. The second-order valence-corrected chi connectivity index (χ2v) is 4.68. The molecular formula is C10H12BrF3N2. The number of hydrogen-bond donors (Lipinski definition) is 1. The van der Waals surface area contributed by atoms with E-state index in [0.29, 0.717) is 16.6 Å². The average Bonchev–Trinajstić information content (AvgIpc) is 2.07. The lowest BCUT2D eigenvalue weighted by Crippen LogP contribution is -2.16. The summed E-state index contributed by atoms with van der Waals surface area (Å²) in [5, 5.41) is 0. The number of nitrogen functional groups attached to an aromatic ring is 1. The van der Waals surface area contributed by atoms with Gasteiger partial charge in [0, 0.05) is 16.7 Å². The van der Waals surface area contributed by atoms with Crippen LogP contribution < -0.4 is 5.73 Å². The average molecular weight is 297 g/mol. The summed E-state index contributed by atoms with van der Waals surface area (Å²) in [4.78, 5) is 1.76. The second-order valence-electron chi connectivity index (χ2n) is 3.76. The molecule has 1 rings (SSSR count). The molecule has 0 fully saturated rings. The van der Waals surface area contributed by atoms with Gasteiger partial charge >= 0.3 is 6.18 Å². The molecule has 16 heavy (non-hydrogen) atoms. The molecular weight excluding hydrogens is 285 g/mol. The largest absolute Gasteiger partial charge is 0.418 e. The standard InChI is InChI=1S/C10H12BrF3N2/c1-16(2)5-6-3-7(11)4-8(9(6)15)10(12,13)14/h3-4H,5,15H2,1-2H3. The minimum Gasteiger partial charge on any atom is -0.398 e. The van der Waals surface area contributed by atoms with Crippen LogP contribution >= 0.6 is 15.9 Å². The molecule has 1 aromatic carbocycles. The Balaban J connectivity index is 3.26. The molecule has 0 saturated heterocycles. The Morgan fingerprint density at radius 2 is 1.88 bits per heavy atom. The van der Waals surface area contributed by atoms with Crippen LogP contribution in [0.15, 0.2) is 16.6 Å². The van der Waals surface area contributed by atoms with Crippen molar-refractivity contribution < 1.29 is 13.2 Å². The fourth-order valence-electron chi connectivity index (χ4n) is 1.38. The molecule has 90 valence electrons. The van der Waals surface area contributed by atoms with Crippen molar-refractivity contribution >= 4 is 21.6 Å².